The van der Waals surface area contributed by atoms with E-state index in [1.54, 1.807) is 42.5 Å². The minimum absolute atomic E-state index is 0.0996. The number of para-hydroxylation sites is 1. The van der Waals surface area contributed by atoms with Crippen LogP contribution in [0.1, 0.15) is 41.3 Å². The number of esters is 1. The second-order valence-corrected chi connectivity index (χ2v) is 8.85. The van der Waals surface area contributed by atoms with Gasteiger partial charge in [-0.15, -0.1) is 0 Å². The number of hydrogen-bond donors (Lipinski definition) is 3. The van der Waals surface area contributed by atoms with Gasteiger partial charge in [-0.2, -0.15) is 0 Å². The van der Waals surface area contributed by atoms with Crippen molar-refractivity contribution in [3.63, 3.8) is 0 Å². The van der Waals surface area contributed by atoms with Crippen LogP contribution in [0.25, 0.3) is 0 Å². The molecule has 0 aromatic heterocycles. The first kappa shape index (κ1) is 24.4. The van der Waals surface area contributed by atoms with Crippen LogP contribution in [0.15, 0.2) is 72.8 Å². The zero-order valence-electron chi connectivity index (χ0n) is 19.9. The number of hydrogen-bond acceptors (Lipinski definition) is 6. The first-order valence-corrected chi connectivity index (χ1v) is 11.8. The summed E-state index contributed by atoms with van der Waals surface area (Å²) in [7, 11) is 0. The van der Waals surface area contributed by atoms with Crippen molar-refractivity contribution in [2.75, 3.05) is 18.5 Å². The SMILES string of the molecule is CC(C)NCC(O)COc1cccc2c1C(Cc1ccccc1OC(=O)c1ccccc1)C(=O)N2. The topological polar surface area (TPSA) is 96.9 Å². The molecule has 1 aliphatic heterocycles. The third kappa shape index (κ3) is 6.07. The van der Waals surface area contributed by atoms with E-state index in [1.165, 1.54) is 0 Å². The number of nitrogens with one attached hydrogen (secondary N) is 2. The molecule has 4 rings (SSSR count). The Bertz CT molecular complexity index is 1180. The fourth-order valence-electron chi connectivity index (χ4n) is 4.03. The van der Waals surface area contributed by atoms with Gasteiger partial charge in [-0.3, -0.25) is 4.79 Å². The molecule has 0 aliphatic carbocycles. The minimum atomic E-state index is -0.685. The zero-order chi connectivity index (χ0) is 24.8. The van der Waals surface area contributed by atoms with Crippen molar-refractivity contribution in [1.29, 1.82) is 0 Å². The number of anilines is 1. The lowest BCUT2D eigenvalue weighted by molar-refractivity contribution is -0.117. The molecular weight excluding hydrogens is 444 g/mol. The number of aliphatic hydroxyl groups excluding tert-OH is 1. The third-order valence-electron chi connectivity index (χ3n) is 5.79. The largest absolute Gasteiger partial charge is 0.490 e. The van der Waals surface area contributed by atoms with Gasteiger partial charge < -0.3 is 25.2 Å². The summed E-state index contributed by atoms with van der Waals surface area (Å²) in [6.45, 7) is 4.53. The molecule has 1 amide bonds. The van der Waals surface area contributed by atoms with Crippen molar-refractivity contribution in [1.82, 2.24) is 5.32 Å². The molecule has 3 N–H and O–H groups in total. The molecule has 0 saturated heterocycles. The lowest BCUT2D eigenvalue weighted by Gasteiger charge is -2.18. The normalized spacial score (nSPS) is 15.4. The molecule has 1 aliphatic rings. The van der Waals surface area contributed by atoms with Gasteiger partial charge in [-0.25, -0.2) is 4.79 Å². The molecule has 0 spiro atoms. The average molecular weight is 475 g/mol. The Morgan fingerprint density at radius 1 is 1.00 bits per heavy atom. The van der Waals surface area contributed by atoms with Gasteiger partial charge in [-0.05, 0) is 42.3 Å². The fourth-order valence-corrected chi connectivity index (χ4v) is 4.03. The van der Waals surface area contributed by atoms with Crippen LogP contribution in [-0.2, 0) is 11.2 Å². The maximum absolute atomic E-state index is 12.9. The molecule has 1 heterocycles. The van der Waals surface area contributed by atoms with Crippen LogP contribution in [0.2, 0.25) is 0 Å². The average Bonchev–Trinajstić information content (AvgIpc) is 3.18. The number of aliphatic hydroxyl groups is 1. The number of benzene rings is 3. The highest BCUT2D eigenvalue weighted by Gasteiger charge is 2.34. The Balaban J connectivity index is 1.52. The molecule has 7 nitrogen and oxygen atoms in total. The van der Waals surface area contributed by atoms with Crippen LogP contribution in [0, 0.1) is 0 Å². The lowest BCUT2D eigenvalue weighted by atomic mass is 9.92. The molecule has 2 unspecified atom stereocenters. The highest BCUT2D eigenvalue weighted by Crippen LogP contribution is 2.42. The van der Waals surface area contributed by atoms with Crippen molar-refractivity contribution < 1.29 is 24.2 Å². The third-order valence-corrected chi connectivity index (χ3v) is 5.79. The van der Waals surface area contributed by atoms with Gasteiger partial charge in [0.2, 0.25) is 5.91 Å². The summed E-state index contributed by atoms with van der Waals surface area (Å²) in [5, 5.41) is 16.4. The predicted octanol–water partition coefficient (Wildman–Crippen LogP) is 3.92. The Hall–Kier alpha value is -3.68. The number of carbonyl (C=O) groups is 2. The molecule has 3 aromatic carbocycles. The maximum atomic E-state index is 12.9. The van der Waals surface area contributed by atoms with Gasteiger partial charge in [-0.1, -0.05) is 56.3 Å². The summed E-state index contributed by atoms with van der Waals surface area (Å²) in [5.41, 5.74) is 2.62. The molecule has 3 aromatic rings. The van der Waals surface area contributed by atoms with E-state index in [-0.39, 0.29) is 18.6 Å². The van der Waals surface area contributed by atoms with E-state index in [2.05, 4.69) is 10.6 Å². The van der Waals surface area contributed by atoms with Crippen LogP contribution in [-0.4, -0.2) is 42.3 Å². The Morgan fingerprint density at radius 2 is 1.71 bits per heavy atom. The van der Waals surface area contributed by atoms with Crippen molar-refractivity contribution in [3.05, 3.63) is 89.5 Å². The van der Waals surface area contributed by atoms with Gasteiger partial charge in [0.1, 0.15) is 24.2 Å². The van der Waals surface area contributed by atoms with Crippen LogP contribution in [0.3, 0.4) is 0 Å². The van der Waals surface area contributed by atoms with Gasteiger partial charge in [0.05, 0.1) is 11.5 Å². The molecule has 0 saturated carbocycles. The second-order valence-electron chi connectivity index (χ2n) is 8.85. The van der Waals surface area contributed by atoms with E-state index in [9.17, 15) is 14.7 Å². The first-order valence-electron chi connectivity index (χ1n) is 11.8. The number of carbonyl (C=O) groups excluding carboxylic acids is 2. The summed E-state index contributed by atoms with van der Waals surface area (Å²) in [4.78, 5) is 25.5. The quantitative estimate of drug-likeness (QED) is 0.304. The fraction of sp³-hybridized carbons (Fsp3) is 0.286. The monoisotopic (exact) mass is 474 g/mol. The zero-order valence-corrected chi connectivity index (χ0v) is 19.9. The molecule has 182 valence electrons. The number of amides is 1. The van der Waals surface area contributed by atoms with E-state index in [0.29, 0.717) is 35.7 Å². The highest BCUT2D eigenvalue weighted by molar-refractivity contribution is 6.04. The summed E-state index contributed by atoms with van der Waals surface area (Å²) in [5.74, 6) is -0.169. The van der Waals surface area contributed by atoms with E-state index in [4.69, 9.17) is 9.47 Å². The lowest BCUT2D eigenvalue weighted by Crippen LogP contribution is -2.35. The summed E-state index contributed by atoms with van der Waals surface area (Å²) >= 11 is 0. The minimum Gasteiger partial charge on any atom is -0.490 e. The van der Waals surface area contributed by atoms with Gasteiger partial charge in [0, 0.05) is 23.8 Å². The maximum Gasteiger partial charge on any atom is 0.343 e. The Morgan fingerprint density at radius 3 is 2.49 bits per heavy atom. The van der Waals surface area contributed by atoms with Crippen LogP contribution >= 0.6 is 0 Å². The van der Waals surface area contributed by atoms with Crippen LogP contribution in [0.5, 0.6) is 11.5 Å². The highest BCUT2D eigenvalue weighted by atomic mass is 16.5. The number of ether oxygens (including phenoxy) is 2. The predicted molar refractivity (Wildman–Crippen MR) is 134 cm³/mol. The standard InChI is InChI=1S/C28H30N2O5/c1-18(2)29-16-21(31)17-34-25-14-8-12-23-26(25)22(27(32)30-23)15-20-11-6-7-13-24(20)35-28(33)19-9-4-3-5-10-19/h3-14,18,21-22,29,31H,15-17H2,1-2H3,(H,30,32). The van der Waals surface area contributed by atoms with Crippen molar-refractivity contribution in [2.24, 2.45) is 0 Å². The van der Waals surface area contributed by atoms with Gasteiger partial charge in [0.25, 0.3) is 0 Å². The number of fused-ring (bicyclic) bond motifs is 1. The molecule has 35 heavy (non-hydrogen) atoms. The van der Waals surface area contributed by atoms with Crippen LogP contribution < -0.4 is 20.1 Å². The molecular formula is C28H30N2O5. The molecule has 7 heteroatoms. The van der Waals surface area contributed by atoms with Gasteiger partial charge in [0.15, 0.2) is 0 Å². The Kier molecular flexibility index (Phi) is 7.80. The van der Waals surface area contributed by atoms with Crippen molar-refractivity contribution in [3.8, 4) is 11.5 Å². The molecule has 0 bridgehead atoms. The smallest absolute Gasteiger partial charge is 0.343 e. The van der Waals surface area contributed by atoms with E-state index in [1.807, 2.05) is 44.2 Å². The molecule has 2 atom stereocenters. The van der Waals surface area contributed by atoms with Gasteiger partial charge >= 0.3 is 5.97 Å². The van der Waals surface area contributed by atoms with Crippen LogP contribution in [0.4, 0.5) is 5.69 Å². The first-order chi connectivity index (χ1) is 16.9. The summed E-state index contributed by atoms with van der Waals surface area (Å²) in [6, 6.07) is 21.7. The van der Waals surface area contributed by atoms with Crippen molar-refractivity contribution in [2.45, 2.75) is 38.3 Å². The van der Waals surface area contributed by atoms with E-state index in [0.717, 1.165) is 11.1 Å². The summed E-state index contributed by atoms with van der Waals surface area (Å²) in [6.07, 6.45) is -0.357. The second kappa shape index (κ2) is 11.2. The summed E-state index contributed by atoms with van der Waals surface area (Å²) < 4.78 is 11.6. The van der Waals surface area contributed by atoms with Crippen molar-refractivity contribution >= 4 is 17.6 Å². The Labute approximate surface area is 205 Å². The molecule has 0 radical (unpaired) electrons. The van der Waals surface area contributed by atoms with E-state index < -0.39 is 18.0 Å². The molecule has 0 fully saturated rings. The number of rotatable bonds is 10. The van der Waals surface area contributed by atoms with E-state index >= 15 is 0 Å².